The number of anilines is 1. The number of pyridine rings is 1. The van der Waals surface area contributed by atoms with Crippen LogP contribution in [-0.4, -0.2) is 22.1 Å². The van der Waals surface area contributed by atoms with Gasteiger partial charge in [0.05, 0.1) is 9.82 Å². The highest BCUT2D eigenvalue weighted by molar-refractivity contribution is 7.98. The topological polar surface area (TPSA) is 85.1 Å². The van der Waals surface area contributed by atoms with Gasteiger partial charge in [-0.3, -0.25) is 14.9 Å². The van der Waals surface area contributed by atoms with Crippen LogP contribution in [0.4, 0.5) is 11.5 Å². The number of hydrogen-bond acceptors (Lipinski definition) is 5. The Hall–Kier alpha value is -2.41. The number of hydrogen-bond donors (Lipinski definition) is 1. The number of benzene rings is 1. The predicted octanol–water partition coefficient (Wildman–Crippen LogP) is 3.27. The van der Waals surface area contributed by atoms with Crippen LogP contribution in [0.2, 0.25) is 0 Å². The average Bonchev–Trinajstić information content (AvgIpc) is 2.46. The lowest BCUT2D eigenvalue weighted by Gasteiger charge is -2.06. The van der Waals surface area contributed by atoms with Crippen LogP contribution in [0.1, 0.15) is 15.9 Å². The third kappa shape index (κ3) is 3.57. The van der Waals surface area contributed by atoms with Crippen molar-refractivity contribution in [3.63, 3.8) is 0 Å². The fraction of sp³-hybridized carbons (Fsp3) is 0.143. The van der Waals surface area contributed by atoms with Crippen LogP contribution in [0.3, 0.4) is 0 Å². The van der Waals surface area contributed by atoms with E-state index in [1.54, 1.807) is 30.7 Å². The molecule has 21 heavy (non-hydrogen) atoms. The molecule has 0 bridgehead atoms. The van der Waals surface area contributed by atoms with Crippen molar-refractivity contribution < 1.29 is 9.72 Å². The molecule has 2 aromatic rings. The first kappa shape index (κ1) is 15.0. The van der Waals surface area contributed by atoms with Crippen molar-refractivity contribution in [3.8, 4) is 0 Å². The Morgan fingerprint density at radius 2 is 2.10 bits per heavy atom. The molecule has 7 heteroatoms. The summed E-state index contributed by atoms with van der Waals surface area (Å²) >= 11 is 1.26. The Balaban J connectivity index is 2.27. The molecule has 6 nitrogen and oxygen atoms in total. The van der Waals surface area contributed by atoms with E-state index in [1.807, 2.05) is 13.0 Å². The van der Waals surface area contributed by atoms with Gasteiger partial charge in [0.1, 0.15) is 5.82 Å². The highest BCUT2D eigenvalue weighted by Crippen LogP contribution is 2.28. The zero-order valence-electron chi connectivity index (χ0n) is 11.5. The quantitative estimate of drug-likeness (QED) is 0.532. The molecule has 0 atom stereocenters. The fourth-order valence-electron chi connectivity index (χ4n) is 1.77. The van der Waals surface area contributed by atoms with Crippen molar-refractivity contribution >= 4 is 29.2 Å². The molecule has 0 fully saturated rings. The van der Waals surface area contributed by atoms with Crippen LogP contribution in [0.5, 0.6) is 0 Å². The number of nitrogens with one attached hydrogen (secondary N) is 1. The number of carbonyl (C=O) groups is 1. The first-order valence-electron chi connectivity index (χ1n) is 6.07. The van der Waals surface area contributed by atoms with Crippen LogP contribution in [0, 0.1) is 17.0 Å². The number of amides is 1. The molecule has 0 unspecified atom stereocenters. The van der Waals surface area contributed by atoms with Gasteiger partial charge >= 0.3 is 0 Å². The SMILES string of the molecule is CSc1ccc(C(=O)Nc2cc(C)ccn2)cc1[N+](=O)[O-]. The molecule has 0 saturated heterocycles. The lowest BCUT2D eigenvalue weighted by Crippen LogP contribution is -2.13. The van der Waals surface area contributed by atoms with E-state index in [4.69, 9.17) is 0 Å². The summed E-state index contributed by atoms with van der Waals surface area (Å²) in [5, 5.41) is 13.6. The van der Waals surface area contributed by atoms with E-state index in [9.17, 15) is 14.9 Å². The fourth-order valence-corrected chi connectivity index (χ4v) is 2.31. The van der Waals surface area contributed by atoms with Gasteiger partial charge < -0.3 is 5.32 Å². The maximum Gasteiger partial charge on any atom is 0.283 e. The summed E-state index contributed by atoms with van der Waals surface area (Å²) in [5.41, 5.74) is 1.11. The van der Waals surface area contributed by atoms with Gasteiger partial charge in [-0.1, -0.05) is 0 Å². The standard InChI is InChI=1S/C14H13N3O3S/c1-9-5-6-15-13(7-9)16-14(18)10-3-4-12(21-2)11(8-10)17(19)20/h3-8H,1-2H3,(H,15,16,18). The van der Waals surface area contributed by atoms with Crippen LogP contribution < -0.4 is 5.32 Å². The van der Waals surface area contributed by atoms with Gasteiger partial charge in [0, 0.05) is 17.8 Å². The molecule has 0 saturated carbocycles. The lowest BCUT2D eigenvalue weighted by atomic mass is 10.2. The van der Waals surface area contributed by atoms with Gasteiger partial charge in [-0.2, -0.15) is 0 Å². The molecule has 0 aliphatic carbocycles. The Kier molecular flexibility index (Phi) is 4.54. The predicted molar refractivity (Wildman–Crippen MR) is 81.8 cm³/mol. The van der Waals surface area contributed by atoms with E-state index in [2.05, 4.69) is 10.3 Å². The summed E-state index contributed by atoms with van der Waals surface area (Å²) in [7, 11) is 0. The zero-order valence-corrected chi connectivity index (χ0v) is 12.3. The summed E-state index contributed by atoms with van der Waals surface area (Å²) in [4.78, 5) is 27.2. The number of aromatic nitrogens is 1. The van der Waals surface area contributed by atoms with Crippen LogP contribution in [0.25, 0.3) is 0 Å². The minimum absolute atomic E-state index is 0.0765. The summed E-state index contributed by atoms with van der Waals surface area (Å²) < 4.78 is 0. The van der Waals surface area contributed by atoms with Gasteiger partial charge in [-0.25, -0.2) is 4.98 Å². The second-order valence-electron chi connectivity index (χ2n) is 4.32. The highest BCUT2D eigenvalue weighted by atomic mass is 32.2. The lowest BCUT2D eigenvalue weighted by molar-refractivity contribution is -0.387. The number of nitro groups is 1. The molecule has 1 amide bonds. The average molecular weight is 303 g/mol. The Labute approximate surface area is 125 Å². The number of thioether (sulfide) groups is 1. The number of nitrogens with zero attached hydrogens (tertiary/aromatic N) is 2. The van der Waals surface area contributed by atoms with E-state index in [1.165, 1.54) is 17.8 Å². The molecule has 0 spiro atoms. The molecule has 0 aliphatic heterocycles. The third-order valence-corrected chi connectivity index (χ3v) is 3.58. The maximum absolute atomic E-state index is 12.1. The Morgan fingerprint density at radius 3 is 2.71 bits per heavy atom. The summed E-state index contributed by atoms with van der Waals surface area (Å²) in [6, 6.07) is 7.94. The zero-order chi connectivity index (χ0) is 15.4. The Morgan fingerprint density at radius 1 is 1.33 bits per heavy atom. The van der Waals surface area contributed by atoms with Crippen molar-refractivity contribution in [2.45, 2.75) is 11.8 Å². The molecule has 1 aromatic carbocycles. The van der Waals surface area contributed by atoms with Gasteiger partial charge in [0.2, 0.25) is 0 Å². The Bertz CT molecular complexity index is 704. The summed E-state index contributed by atoms with van der Waals surface area (Å²) in [5.74, 6) is -0.0135. The van der Waals surface area contributed by atoms with Crippen molar-refractivity contribution in [2.75, 3.05) is 11.6 Å². The molecule has 1 heterocycles. The first-order valence-corrected chi connectivity index (χ1v) is 7.30. The summed E-state index contributed by atoms with van der Waals surface area (Å²) in [6.07, 6.45) is 3.34. The second-order valence-corrected chi connectivity index (χ2v) is 5.16. The molecular formula is C14H13N3O3S. The van der Waals surface area contributed by atoms with Crippen LogP contribution in [0.15, 0.2) is 41.4 Å². The molecule has 2 rings (SSSR count). The van der Waals surface area contributed by atoms with E-state index >= 15 is 0 Å². The largest absolute Gasteiger partial charge is 0.307 e. The van der Waals surface area contributed by atoms with Gasteiger partial charge in [-0.15, -0.1) is 11.8 Å². The molecule has 1 aromatic heterocycles. The number of carbonyl (C=O) groups excluding carboxylic acids is 1. The summed E-state index contributed by atoms with van der Waals surface area (Å²) in [6.45, 7) is 1.88. The number of aryl methyl sites for hydroxylation is 1. The third-order valence-electron chi connectivity index (χ3n) is 2.79. The second kappa shape index (κ2) is 6.36. The molecule has 1 N–H and O–H groups in total. The minimum atomic E-state index is -0.493. The van der Waals surface area contributed by atoms with Crippen molar-refractivity contribution in [1.29, 1.82) is 0 Å². The van der Waals surface area contributed by atoms with Gasteiger partial charge in [0.25, 0.3) is 11.6 Å². The minimum Gasteiger partial charge on any atom is -0.307 e. The van der Waals surface area contributed by atoms with E-state index in [0.29, 0.717) is 10.7 Å². The monoisotopic (exact) mass is 303 g/mol. The van der Waals surface area contributed by atoms with E-state index in [0.717, 1.165) is 5.56 Å². The first-order chi connectivity index (χ1) is 10.0. The van der Waals surface area contributed by atoms with Crippen LogP contribution >= 0.6 is 11.8 Å². The maximum atomic E-state index is 12.1. The molecule has 0 radical (unpaired) electrons. The molecular weight excluding hydrogens is 290 g/mol. The number of rotatable bonds is 4. The molecule has 0 aliphatic rings. The van der Waals surface area contributed by atoms with Gasteiger partial charge in [0.15, 0.2) is 0 Å². The normalized spacial score (nSPS) is 10.2. The smallest absolute Gasteiger partial charge is 0.283 e. The number of nitro benzene ring substituents is 1. The van der Waals surface area contributed by atoms with Crippen LogP contribution in [-0.2, 0) is 0 Å². The highest BCUT2D eigenvalue weighted by Gasteiger charge is 2.17. The molecule has 108 valence electrons. The van der Waals surface area contributed by atoms with Gasteiger partial charge in [-0.05, 0) is 43.0 Å². The van der Waals surface area contributed by atoms with Crippen molar-refractivity contribution in [2.24, 2.45) is 0 Å². The van der Waals surface area contributed by atoms with Crippen molar-refractivity contribution in [1.82, 2.24) is 4.98 Å². The van der Waals surface area contributed by atoms with Crippen molar-refractivity contribution in [3.05, 3.63) is 57.8 Å². The van der Waals surface area contributed by atoms with E-state index in [-0.39, 0.29) is 11.3 Å². The van der Waals surface area contributed by atoms with E-state index < -0.39 is 10.8 Å².